The van der Waals surface area contributed by atoms with Gasteiger partial charge in [0.05, 0.1) is 17.5 Å². The van der Waals surface area contributed by atoms with Crippen LogP contribution in [-0.2, 0) is 4.79 Å². The number of para-hydroxylation sites is 1. The third-order valence-electron chi connectivity index (χ3n) is 4.22. The number of nitrogens with one attached hydrogen (secondary N) is 1. The second-order valence-corrected chi connectivity index (χ2v) is 7.65. The van der Waals surface area contributed by atoms with Gasteiger partial charge in [0.1, 0.15) is 11.6 Å². The molecule has 3 aromatic rings. The molecule has 0 fully saturated rings. The van der Waals surface area contributed by atoms with Crippen molar-refractivity contribution in [2.45, 2.75) is 24.3 Å². The van der Waals surface area contributed by atoms with Crippen molar-refractivity contribution in [2.75, 3.05) is 13.2 Å². The molecule has 1 atom stereocenters. The number of halogens is 1. The van der Waals surface area contributed by atoms with Crippen LogP contribution in [0.2, 0.25) is 0 Å². The zero-order chi connectivity index (χ0) is 21.5. The van der Waals surface area contributed by atoms with Crippen molar-refractivity contribution in [3.8, 4) is 22.8 Å². The molecule has 0 aliphatic heterocycles. The summed E-state index contributed by atoms with van der Waals surface area (Å²) >= 11 is 1.21. The number of aromatic nitrogens is 3. The molecule has 1 amide bonds. The summed E-state index contributed by atoms with van der Waals surface area (Å²) < 4.78 is 21.8. The molecule has 0 saturated carbocycles. The Morgan fingerprint density at radius 3 is 2.67 bits per heavy atom. The summed E-state index contributed by atoms with van der Waals surface area (Å²) in [7, 11) is 0. The predicted molar refractivity (Wildman–Crippen MR) is 116 cm³/mol. The first-order valence-corrected chi connectivity index (χ1v) is 10.4. The highest BCUT2D eigenvalue weighted by Gasteiger charge is 2.23. The van der Waals surface area contributed by atoms with E-state index in [1.165, 1.54) is 17.8 Å². The molecule has 1 aromatic heterocycles. The van der Waals surface area contributed by atoms with Gasteiger partial charge in [-0.1, -0.05) is 30.0 Å². The molecule has 0 aliphatic rings. The highest BCUT2D eigenvalue weighted by molar-refractivity contribution is 8.00. The van der Waals surface area contributed by atoms with Crippen LogP contribution in [0.15, 0.2) is 66.3 Å². The Balaban J connectivity index is 2.01. The molecule has 0 aliphatic carbocycles. The Hall–Kier alpha value is -3.13. The molecule has 8 heteroatoms. The van der Waals surface area contributed by atoms with Crippen LogP contribution in [0, 0.1) is 5.82 Å². The number of rotatable bonds is 9. The monoisotopic (exact) mass is 426 g/mol. The fraction of sp³-hybridized carbons (Fsp3) is 0.227. The van der Waals surface area contributed by atoms with E-state index in [1.807, 2.05) is 31.2 Å². The number of benzene rings is 2. The zero-order valence-corrected chi connectivity index (χ0v) is 17.7. The van der Waals surface area contributed by atoms with E-state index in [0.717, 1.165) is 11.3 Å². The van der Waals surface area contributed by atoms with Gasteiger partial charge < -0.3 is 10.1 Å². The lowest BCUT2D eigenvalue weighted by Crippen LogP contribution is -2.31. The Morgan fingerprint density at radius 2 is 2.00 bits per heavy atom. The lowest BCUT2D eigenvalue weighted by Gasteiger charge is -2.14. The van der Waals surface area contributed by atoms with Gasteiger partial charge in [-0.2, -0.15) is 0 Å². The van der Waals surface area contributed by atoms with E-state index in [-0.39, 0.29) is 5.91 Å². The van der Waals surface area contributed by atoms with Gasteiger partial charge in [-0.3, -0.25) is 9.36 Å². The van der Waals surface area contributed by atoms with Crippen molar-refractivity contribution in [2.24, 2.45) is 0 Å². The van der Waals surface area contributed by atoms with E-state index in [9.17, 15) is 9.18 Å². The molecule has 3 rings (SSSR count). The molecular formula is C22H23FN4O2S. The first-order chi connectivity index (χ1) is 14.5. The summed E-state index contributed by atoms with van der Waals surface area (Å²) in [6.45, 7) is 8.22. The minimum atomic E-state index is -0.451. The van der Waals surface area contributed by atoms with E-state index in [4.69, 9.17) is 4.74 Å². The number of nitrogens with zero attached hydrogens (tertiary/aromatic N) is 3. The Kier molecular flexibility index (Phi) is 7.24. The van der Waals surface area contributed by atoms with Gasteiger partial charge in [0.2, 0.25) is 5.91 Å². The van der Waals surface area contributed by atoms with Crippen molar-refractivity contribution in [1.29, 1.82) is 0 Å². The van der Waals surface area contributed by atoms with E-state index < -0.39 is 11.1 Å². The molecule has 1 heterocycles. The molecule has 30 heavy (non-hydrogen) atoms. The fourth-order valence-electron chi connectivity index (χ4n) is 2.78. The van der Waals surface area contributed by atoms with Crippen LogP contribution in [-0.4, -0.2) is 39.1 Å². The van der Waals surface area contributed by atoms with Crippen LogP contribution in [0.1, 0.15) is 13.8 Å². The topological polar surface area (TPSA) is 69.0 Å². The minimum absolute atomic E-state index is 0.161. The zero-order valence-electron chi connectivity index (χ0n) is 16.8. The Morgan fingerprint density at radius 1 is 1.27 bits per heavy atom. The summed E-state index contributed by atoms with van der Waals surface area (Å²) in [5, 5.41) is 11.3. The maximum absolute atomic E-state index is 14.7. The highest BCUT2D eigenvalue weighted by atomic mass is 32.2. The summed E-state index contributed by atoms with van der Waals surface area (Å²) in [6, 6.07) is 13.8. The fourth-order valence-corrected chi connectivity index (χ4v) is 3.66. The first-order valence-electron chi connectivity index (χ1n) is 9.54. The second kappa shape index (κ2) is 10.1. The molecule has 2 aromatic carbocycles. The molecular weight excluding hydrogens is 403 g/mol. The first kappa shape index (κ1) is 21.6. The summed E-state index contributed by atoms with van der Waals surface area (Å²) in [5.41, 5.74) is 1.07. The Labute approximate surface area is 179 Å². The van der Waals surface area contributed by atoms with E-state index >= 15 is 0 Å². The van der Waals surface area contributed by atoms with Crippen LogP contribution in [0.3, 0.4) is 0 Å². The highest BCUT2D eigenvalue weighted by Crippen LogP contribution is 2.31. The molecule has 0 bridgehead atoms. The standard InChI is InChI=1S/C22H23FN4O2S/c1-4-14-24-21(28)15(3)30-22-26-25-20(16-10-12-17(13-11-16)29-5-2)27(22)19-9-7-6-8-18(19)23/h4,6-13,15H,1,5,14H2,2-3H3,(H,24,28). The van der Waals surface area contributed by atoms with Gasteiger partial charge in [-0.05, 0) is 50.2 Å². The molecule has 156 valence electrons. The van der Waals surface area contributed by atoms with Gasteiger partial charge in [-0.25, -0.2) is 4.39 Å². The smallest absolute Gasteiger partial charge is 0.233 e. The summed E-state index contributed by atoms with van der Waals surface area (Å²) in [4.78, 5) is 12.3. The number of hydrogen-bond donors (Lipinski definition) is 1. The van der Waals surface area contributed by atoms with Crippen molar-refractivity contribution >= 4 is 17.7 Å². The maximum atomic E-state index is 14.7. The molecule has 1 unspecified atom stereocenters. The number of hydrogen-bond acceptors (Lipinski definition) is 5. The van der Waals surface area contributed by atoms with Crippen molar-refractivity contribution < 1.29 is 13.9 Å². The largest absolute Gasteiger partial charge is 0.494 e. The maximum Gasteiger partial charge on any atom is 0.233 e. The van der Waals surface area contributed by atoms with Crippen molar-refractivity contribution in [3.63, 3.8) is 0 Å². The number of ether oxygens (including phenoxy) is 1. The normalized spacial score (nSPS) is 11.7. The third kappa shape index (κ3) is 4.88. The van der Waals surface area contributed by atoms with Crippen LogP contribution in [0.4, 0.5) is 4.39 Å². The van der Waals surface area contributed by atoms with Crippen LogP contribution < -0.4 is 10.1 Å². The lowest BCUT2D eigenvalue weighted by molar-refractivity contribution is -0.120. The molecule has 0 radical (unpaired) electrons. The molecule has 0 saturated heterocycles. The predicted octanol–water partition coefficient (Wildman–Crippen LogP) is 4.25. The number of carbonyl (C=O) groups excluding carboxylic acids is 1. The van der Waals surface area contributed by atoms with Crippen LogP contribution in [0.25, 0.3) is 17.1 Å². The summed E-state index contributed by atoms with van der Waals surface area (Å²) in [5.74, 6) is 0.644. The third-order valence-corrected chi connectivity index (χ3v) is 5.26. The number of thioether (sulfide) groups is 1. The average Bonchev–Trinajstić information content (AvgIpc) is 3.16. The number of amides is 1. The van der Waals surface area contributed by atoms with Gasteiger partial charge in [0, 0.05) is 12.1 Å². The van der Waals surface area contributed by atoms with Gasteiger partial charge >= 0.3 is 0 Å². The average molecular weight is 427 g/mol. The van der Waals surface area contributed by atoms with Crippen molar-refractivity contribution in [3.05, 3.63) is 67.0 Å². The van der Waals surface area contributed by atoms with Crippen LogP contribution >= 0.6 is 11.8 Å². The van der Waals surface area contributed by atoms with E-state index in [2.05, 4.69) is 22.1 Å². The van der Waals surface area contributed by atoms with E-state index in [0.29, 0.717) is 29.8 Å². The van der Waals surface area contributed by atoms with Gasteiger partial charge in [0.25, 0.3) is 0 Å². The SMILES string of the molecule is C=CCNC(=O)C(C)Sc1nnc(-c2ccc(OCC)cc2)n1-c1ccccc1F. The molecule has 1 N–H and O–H groups in total. The molecule has 0 spiro atoms. The van der Waals surface area contributed by atoms with E-state index in [1.54, 1.807) is 35.8 Å². The quantitative estimate of drug-likeness (QED) is 0.409. The second-order valence-electron chi connectivity index (χ2n) is 6.34. The minimum Gasteiger partial charge on any atom is -0.494 e. The Bertz CT molecular complexity index is 1020. The van der Waals surface area contributed by atoms with Crippen molar-refractivity contribution in [1.82, 2.24) is 20.1 Å². The lowest BCUT2D eigenvalue weighted by atomic mass is 10.2. The molecule has 6 nitrogen and oxygen atoms in total. The van der Waals surface area contributed by atoms with Gasteiger partial charge in [-0.15, -0.1) is 16.8 Å². The van der Waals surface area contributed by atoms with Gasteiger partial charge in [0.15, 0.2) is 11.0 Å². The number of carbonyl (C=O) groups is 1. The van der Waals surface area contributed by atoms with Crippen LogP contribution in [0.5, 0.6) is 5.75 Å². The summed E-state index contributed by atoms with van der Waals surface area (Å²) in [6.07, 6.45) is 1.61.